The van der Waals surface area contributed by atoms with E-state index in [2.05, 4.69) is 15.3 Å². The summed E-state index contributed by atoms with van der Waals surface area (Å²) in [4.78, 5) is 7.58. The number of benzene rings is 1. The average Bonchev–Trinajstić information content (AvgIpc) is 3.20. The van der Waals surface area contributed by atoms with Crippen LogP contribution in [0.25, 0.3) is 0 Å². The fraction of sp³-hybridized carbons (Fsp3) is 0.231. The Balaban J connectivity index is 1.96. The van der Waals surface area contributed by atoms with Gasteiger partial charge in [0.1, 0.15) is 5.82 Å². The van der Waals surface area contributed by atoms with Crippen LogP contribution in [0, 0.1) is 5.82 Å². The van der Waals surface area contributed by atoms with Crippen molar-refractivity contribution in [1.82, 2.24) is 9.97 Å². The minimum atomic E-state index is -0.266. The first-order valence-electron chi connectivity index (χ1n) is 5.91. The molecule has 1 heterocycles. The highest BCUT2D eigenvalue weighted by molar-refractivity contribution is 6.28. The number of halogens is 2. The maximum Gasteiger partial charge on any atom is 0.224 e. The Hall–Kier alpha value is -1.88. The molecule has 0 unspecified atom stereocenters. The van der Waals surface area contributed by atoms with Crippen LogP contribution in [0.3, 0.4) is 0 Å². The van der Waals surface area contributed by atoms with E-state index in [0.717, 1.165) is 24.1 Å². The zero-order chi connectivity index (χ0) is 13.4. The molecule has 6 heteroatoms. The molecule has 1 fully saturated rings. The Labute approximate surface area is 114 Å². The monoisotopic (exact) mass is 279 g/mol. The van der Waals surface area contributed by atoms with Crippen LogP contribution in [-0.2, 0) is 0 Å². The SMILES string of the molecule is Oc1cnc(Cl)nc1Nc1ccc(F)cc1C1CC1. The van der Waals surface area contributed by atoms with Crippen molar-refractivity contribution in [2.75, 3.05) is 5.32 Å². The molecule has 2 aromatic rings. The van der Waals surface area contributed by atoms with E-state index in [0.29, 0.717) is 5.92 Å². The lowest BCUT2D eigenvalue weighted by Crippen LogP contribution is -1.99. The van der Waals surface area contributed by atoms with Crippen LogP contribution < -0.4 is 5.32 Å². The molecule has 98 valence electrons. The molecule has 1 saturated carbocycles. The molecule has 0 spiro atoms. The van der Waals surface area contributed by atoms with E-state index in [1.807, 2.05) is 0 Å². The van der Waals surface area contributed by atoms with Gasteiger partial charge in [0.05, 0.1) is 6.20 Å². The van der Waals surface area contributed by atoms with Gasteiger partial charge in [-0.2, -0.15) is 4.98 Å². The van der Waals surface area contributed by atoms with Crippen molar-refractivity contribution >= 4 is 23.1 Å². The largest absolute Gasteiger partial charge is 0.503 e. The minimum Gasteiger partial charge on any atom is -0.503 e. The van der Waals surface area contributed by atoms with Crippen LogP contribution in [0.4, 0.5) is 15.9 Å². The maximum absolute atomic E-state index is 13.3. The second kappa shape index (κ2) is 4.66. The van der Waals surface area contributed by atoms with Crippen LogP contribution in [0.5, 0.6) is 5.75 Å². The van der Waals surface area contributed by atoms with Gasteiger partial charge < -0.3 is 10.4 Å². The topological polar surface area (TPSA) is 58.0 Å². The first-order chi connectivity index (χ1) is 9.13. The van der Waals surface area contributed by atoms with E-state index in [9.17, 15) is 9.50 Å². The van der Waals surface area contributed by atoms with Crippen LogP contribution in [0.1, 0.15) is 24.3 Å². The summed E-state index contributed by atoms with van der Waals surface area (Å²) < 4.78 is 13.3. The number of rotatable bonds is 3. The summed E-state index contributed by atoms with van der Waals surface area (Å²) >= 11 is 5.69. The normalized spacial score (nSPS) is 14.4. The Morgan fingerprint density at radius 3 is 2.89 bits per heavy atom. The molecule has 0 aliphatic heterocycles. The number of anilines is 2. The predicted molar refractivity (Wildman–Crippen MR) is 70.4 cm³/mol. The van der Waals surface area contributed by atoms with Gasteiger partial charge in [-0.05, 0) is 54.1 Å². The van der Waals surface area contributed by atoms with Crippen LogP contribution in [0.15, 0.2) is 24.4 Å². The van der Waals surface area contributed by atoms with E-state index < -0.39 is 0 Å². The van der Waals surface area contributed by atoms with Crippen molar-refractivity contribution in [2.45, 2.75) is 18.8 Å². The Bertz CT molecular complexity index is 631. The lowest BCUT2D eigenvalue weighted by Gasteiger charge is -2.12. The van der Waals surface area contributed by atoms with Gasteiger partial charge in [0.2, 0.25) is 5.28 Å². The van der Waals surface area contributed by atoms with Crippen molar-refractivity contribution in [3.8, 4) is 5.75 Å². The van der Waals surface area contributed by atoms with E-state index >= 15 is 0 Å². The molecule has 1 aromatic heterocycles. The van der Waals surface area contributed by atoms with Crippen molar-refractivity contribution < 1.29 is 9.50 Å². The summed E-state index contributed by atoms with van der Waals surface area (Å²) in [5.74, 6) is 0.221. The molecular formula is C13H11ClFN3O. The third-order valence-corrected chi connectivity index (χ3v) is 3.21. The summed E-state index contributed by atoms with van der Waals surface area (Å²) in [5.41, 5.74) is 1.63. The quantitative estimate of drug-likeness (QED) is 0.843. The summed E-state index contributed by atoms with van der Waals surface area (Å²) in [6.45, 7) is 0. The van der Waals surface area contributed by atoms with Gasteiger partial charge in [0.15, 0.2) is 11.6 Å². The molecule has 19 heavy (non-hydrogen) atoms. The third-order valence-electron chi connectivity index (χ3n) is 3.02. The van der Waals surface area contributed by atoms with E-state index in [-0.39, 0.29) is 22.7 Å². The fourth-order valence-electron chi connectivity index (χ4n) is 1.95. The molecule has 1 aliphatic rings. The van der Waals surface area contributed by atoms with Gasteiger partial charge in [0, 0.05) is 5.69 Å². The van der Waals surface area contributed by atoms with Gasteiger partial charge in [-0.25, -0.2) is 9.37 Å². The van der Waals surface area contributed by atoms with Crippen LogP contribution >= 0.6 is 11.6 Å². The molecular weight excluding hydrogens is 269 g/mol. The number of nitrogens with zero attached hydrogens (tertiary/aromatic N) is 2. The van der Waals surface area contributed by atoms with Crippen molar-refractivity contribution in [1.29, 1.82) is 0 Å². The fourth-order valence-corrected chi connectivity index (χ4v) is 2.09. The molecule has 1 aromatic carbocycles. The number of nitrogens with one attached hydrogen (secondary N) is 1. The number of aromatic hydroxyl groups is 1. The molecule has 0 bridgehead atoms. The van der Waals surface area contributed by atoms with Gasteiger partial charge in [-0.15, -0.1) is 0 Å². The van der Waals surface area contributed by atoms with Crippen LogP contribution in [0.2, 0.25) is 5.28 Å². The highest BCUT2D eigenvalue weighted by Crippen LogP contribution is 2.44. The van der Waals surface area contributed by atoms with Gasteiger partial charge in [-0.3, -0.25) is 0 Å². The summed E-state index contributed by atoms with van der Waals surface area (Å²) in [5, 5.41) is 12.7. The molecule has 0 amide bonds. The van der Waals surface area contributed by atoms with Crippen molar-refractivity contribution in [2.24, 2.45) is 0 Å². The third kappa shape index (κ3) is 2.61. The first-order valence-corrected chi connectivity index (χ1v) is 6.29. The number of hydrogen-bond acceptors (Lipinski definition) is 4. The van der Waals surface area contributed by atoms with E-state index in [1.54, 1.807) is 6.07 Å². The summed E-state index contributed by atoms with van der Waals surface area (Å²) in [7, 11) is 0. The Morgan fingerprint density at radius 2 is 2.16 bits per heavy atom. The molecule has 2 N–H and O–H groups in total. The van der Waals surface area contributed by atoms with Gasteiger partial charge in [-0.1, -0.05) is 0 Å². The summed E-state index contributed by atoms with van der Waals surface area (Å²) in [6, 6.07) is 4.52. The predicted octanol–water partition coefficient (Wildman–Crippen LogP) is 3.60. The molecule has 0 radical (unpaired) electrons. The zero-order valence-electron chi connectivity index (χ0n) is 9.90. The molecule has 1 aliphatic carbocycles. The highest BCUT2D eigenvalue weighted by Gasteiger charge is 2.27. The smallest absolute Gasteiger partial charge is 0.224 e. The van der Waals surface area contributed by atoms with Crippen molar-refractivity contribution in [3.63, 3.8) is 0 Å². The molecule has 0 atom stereocenters. The van der Waals surface area contributed by atoms with Gasteiger partial charge in [0.25, 0.3) is 0 Å². The minimum absolute atomic E-state index is 0.0374. The summed E-state index contributed by atoms with van der Waals surface area (Å²) in [6.07, 6.45) is 3.32. The highest BCUT2D eigenvalue weighted by atomic mass is 35.5. The lowest BCUT2D eigenvalue weighted by molar-refractivity contribution is 0.472. The van der Waals surface area contributed by atoms with E-state index in [4.69, 9.17) is 11.6 Å². The number of hydrogen-bond donors (Lipinski definition) is 2. The maximum atomic E-state index is 13.3. The average molecular weight is 280 g/mol. The second-order valence-electron chi connectivity index (χ2n) is 4.50. The lowest BCUT2D eigenvalue weighted by atomic mass is 10.1. The van der Waals surface area contributed by atoms with Gasteiger partial charge >= 0.3 is 0 Å². The Morgan fingerprint density at radius 1 is 1.37 bits per heavy atom. The Kier molecular flexibility index (Phi) is 2.98. The molecule has 0 saturated heterocycles. The number of aromatic nitrogens is 2. The molecule has 3 rings (SSSR count). The zero-order valence-corrected chi connectivity index (χ0v) is 10.7. The van der Waals surface area contributed by atoms with Crippen LogP contribution in [-0.4, -0.2) is 15.1 Å². The van der Waals surface area contributed by atoms with E-state index in [1.165, 1.54) is 18.3 Å². The first kappa shape index (κ1) is 12.2. The molecule has 4 nitrogen and oxygen atoms in total. The second-order valence-corrected chi connectivity index (χ2v) is 4.84. The standard InChI is InChI=1S/C13H11ClFN3O/c14-13-16-6-11(19)12(18-13)17-10-4-3-8(15)5-9(10)7-1-2-7/h3-7,19H,1-2H2,(H,16,17,18). The van der Waals surface area contributed by atoms with Crippen molar-refractivity contribution in [3.05, 3.63) is 41.1 Å².